The van der Waals surface area contributed by atoms with Gasteiger partial charge in [-0.15, -0.1) is 0 Å². The summed E-state index contributed by atoms with van der Waals surface area (Å²) in [6, 6.07) is 11.0. The van der Waals surface area contributed by atoms with Gasteiger partial charge in [0.1, 0.15) is 0 Å². The molecule has 114 valence electrons. The maximum absolute atomic E-state index is 12.6. The van der Waals surface area contributed by atoms with Crippen LogP contribution in [0, 0.1) is 0 Å². The first kappa shape index (κ1) is 15.7. The third-order valence-electron chi connectivity index (χ3n) is 3.20. The van der Waals surface area contributed by atoms with Gasteiger partial charge in [0.2, 0.25) is 0 Å². The molecular weight excluding hydrogens is 346 g/mol. The van der Waals surface area contributed by atoms with E-state index >= 15 is 0 Å². The summed E-state index contributed by atoms with van der Waals surface area (Å²) in [6.45, 7) is 0.547. The molecule has 1 aliphatic rings. The number of carbonyl (C=O) groups excluding carboxylic acids is 1. The Morgan fingerprint density at radius 2 is 1.77 bits per heavy atom. The van der Waals surface area contributed by atoms with Crippen LogP contribution in [0.3, 0.4) is 0 Å². The highest BCUT2D eigenvalue weighted by atomic mass is 35.5. The molecule has 3 rings (SSSR count). The molecule has 22 heavy (non-hydrogen) atoms. The van der Waals surface area contributed by atoms with Crippen LogP contribution in [-0.4, -0.2) is 19.0 Å². The normalized spacial score (nSPS) is 16.6. The lowest BCUT2D eigenvalue weighted by Gasteiger charge is -2.11. The summed E-state index contributed by atoms with van der Waals surface area (Å²) in [5, 5.41) is 1.08. The number of hydrogen-bond acceptors (Lipinski definition) is 4. The summed E-state index contributed by atoms with van der Waals surface area (Å²) in [5.41, 5.74) is 0.633. The summed E-state index contributed by atoms with van der Waals surface area (Å²) >= 11 is 12.0. The Balaban J connectivity index is 2.00. The molecule has 0 atom stereocenters. The van der Waals surface area contributed by atoms with Crippen LogP contribution in [-0.2, 0) is 13.6 Å². The van der Waals surface area contributed by atoms with Crippen molar-refractivity contribution >= 4 is 41.9 Å². The first-order valence-corrected chi connectivity index (χ1v) is 8.79. The number of halogens is 2. The van der Waals surface area contributed by atoms with Crippen molar-refractivity contribution in [1.82, 2.24) is 0 Å². The fourth-order valence-corrected chi connectivity index (χ4v) is 4.09. The average Bonchev–Trinajstić information content (AvgIpc) is 2.97. The highest BCUT2D eigenvalue weighted by Gasteiger charge is 2.33. The highest BCUT2D eigenvalue weighted by Crippen LogP contribution is 2.50. The van der Waals surface area contributed by atoms with E-state index in [1.165, 1.54) is 12.1 Å². The standard InChI is InChI=1S/C15H11Cl2O4P/c16-11-4-5-14(17)13(9-11)15(18)10-2-1-3-12(8-10)22(19)20-6-7-21-22/h1-5,8-9H,6-7H2. The second-order valence-electron chi connectivity index (χ2n) is 4.67. The minimum absolute atomic E-state index is 0.273. The molecule has 0 N–H and O–H groups in total. The van der Waals surface area contributed by atoms with Crippen LogP contribution in [0.15, 0.2) is 42.5 Å². The van der Waals surface area contributed by atoms with Crippen molar-refractivity contribution in [3.05, 3.63) is 63.6 Å². The fraction of sp³-hybridized carbons (Fsp3) is 0.133. The minimum atomic E-state index is -3.31. The molecule has 2 aromatic rings. The van der Waals surface area contributed by atoms with E-state index in [-0.39, 0.29) is 24.6 Å². The number of carbonyl (C=O) groups is 1. The van der Waals surface area contributed by atoms with Gasteiger partial charge in [-0.1, -0.05) is 35.3 Å². The van der Waals surface area contributed by atoms with Crippen LogP contribution in [0.5, 0.6) is 0 Å². The van der Waals surface area contributed by atoms with Gasteiger partial charge >= 0.3 is 7.60 Å². The highest BCUT2D eigenvalue weighted by molar-refractivity contribution is 7.62. The van der Waals surface area contributed by atoms with Gasteiger partial charge in [0.25, 0.3) is 0 Å². The Hall–Kier alpha value is -1.16. The van der Waals surface area contributed by atoms with Crippen LogP contribution in [0.25, 0.3) is 0 Å². The van der Waals surface area contributed by atoms with Gasteiger partial charge in [-0.2, -0.15) is 0 Å². The summed E-state index contributed by atoms with van der Waals surface area (Å²) in [4.78, 5) is 12.6. The average molecular weight is 357 g/mol. The maximum atomic E-state index is 12.6. The molecule has 0 unspecified atom stereocenters. The van der Waals surface area contributed by atoms with Gasteiger partial charge in [0, 0.05) is 16.1 Å². The monoisotopic (exact) mass is 356 g/mol. The summed E-state index contributed by atoms with van der Waals surface area (Å²) in [5.74, 6) is -0.305. The Kier molecular flexibility index (Phi) is 4.40. The quantitative estimate of drug-likeness (QED) is 0.613. The Morgan fingerprint density at radius 3 is 2.50 bits per heavy atom. The molecular formula is C15H11Cl2O4P. The summed E-state index contributed by atoms with van der Waals surface area (Å²) < 4.78 is 22.8. The van der Waals surface area contributed by atoms with Crippen molar-refractivity contribution in [2.24, 2.45) is 0 Å². The first-order chi connectivity index (χ1) is 10.5. The van der Waals surface area contributed by atoms with E-state index in [0.717, 1.165) is 0 Å². The van der Waals surface area contributed by atoms with E-state index in [0.29, 0.717) is 20.9 Å². The molecule has 1 aliphatic heterocycles. The van der Waals surface area contributed by atoms with Gasteiger partial charge in [-0.25, -0.2) is 0 Å². The van der Waals surface area contributed by atoms with Gasteiger partial charge in [0.05, 0.1) is 23.5 Å². The smallest absolute Gasteiger partial charge is 0.303 e. The predicted octanol–water partition coefficient (Wildman–Crippen LogP) is 4.09. The maximum Gasteiger partial charge on any atom is 0.361 e. The van der Waals surface area contributed by atoms with E-state index in [2.05, 4.69) is 0 Å². The molecule has 1 saturated heterocycles. The molecule has 1 fully saturated rings. The molecule has 0 radical (unpaired) electrons. The zero-order chi connectivity index (χ0) is 15.7. The summed E-state index contributed by atoms with van der Waals surface area (Å²) in [7, 11) is -3.31. The second-order valence-corrected chi connectivity index (χ2v) is 7.54. The van der Waals surface area contributed by atoms with Crippen LogP contribution in [0.1, 0.15) is 15.9 Å². The van der Waals surface area contributed by atoms with Crippen molar-refractivity contribution < 1.29 is 18.4 Å². The number of rotatable bonds is 3. The fourth-order valence-electron chi connectivity index (χ4n) is 2.15. The van der Waals surface area contributed by atoms with Crippen molar-refractivity contribution in [2.75, 3.05) is 13.2 Å². The van der Waals surface area contributed by atoms with Gasteiger partial charge in [0.15, 0.2) is 5.78 Å². The molecule has 0 spiro atoms. The number of ketones is 1. The summed E-state index contributed by atoms with van der Waals surface area (Å²) in [6.07, 6.45) is 0. The Morgan fingerprint density at radius 1 is 1.05 bits per heavy atom. The molecule has 0 bridgehead atoms. The number of hydrogen-bond donors (Lipinski definition) is 0. The van der Waals surface area contributed by atoms with Crippen LogP contribution < -0.4 is 5.30 Å². The molecule has 0 amide bonds. The minimum Gasteiger partial charge on any atom is -0.303 e. The van der Waals surface area contributed by atoms with E-state index in [1.807, 2.05) is 0 Å². The van der Waals surface area contributed by atoms with Gasteiger partial charge in [-0.3, -0.25) is 9.36 Å². The molecule has 1 heterocycles. The largest absolute Gasteiger partial charge is 0.361 e. The van der Waals surface area contributed by atoms with Crippen LogP contribution >= 0.6 is 30.8 Å². The number of benzene rings is 2. The van der Waals surface area contributed by atoms with Crippen LogP contribution in [0.4, 0.5) is 0 Å². The molecule has 2 aromatic carbocycles. The molecule has 0 aromatic heterocycles. The van der Waals surface area contributed by atoms with E-state index in [9.17, 15) is 9.36 Å². The van der Waals surface area contributed by atoms with E-state index < -0.39 is 7.60 Å². The van der Waals surface area contributed by atoms with E-state index in [4.69, 9.17) is 32.2 Å². The third-order valence-corrected chi connectivity index (χ3v) is 5.72. The van der Waals surface area contributed by atoms with E-state index in [1.54, 1.807) is 30.3 Å². The Bertz CT molecular complexity index is 781. The molecule has 7 heteroatoms. The second kappa shape index (κ2) is 6.15. The van der Waals surface area contributed by atoms with Crippen molar-refractivity contribution in [1.29, 1.82) is 0 Å². The topological polar surface area (TPSA) is 52.6 Å². The zero-order valence-electron chi connectivity index (χ0n) is 11.3. The van der Waals surface area contributed by atoms with Crippen LogP contribution in [0.2, 0.25) is 10.0 Å². The Labute approximate surface area is 137 Å². The predicted molar refractivity (Wildman–Crippen MR) is 85.5 cm³/mol. The third kappa shape index (κ3) is 2.98. The molecule has 0 aliphatic carbocycles. The lowest BCUT2D eigenvalue weighted by Crippen LogP contribution is -2.10. The van der Waals surface area contributed by atoms with Gasteiger partial charge in [-0.05, 0) is 30.3 Å². The van der Waals surface area contributed by atoms with Gasteiger partial charge < -0.3 is 9.05 Å². The zero-order valence-corrected chi connectivity index (χ0v) is 13.7. The molecule has 4 nitrogen and oxygen atoms in total. The lowest BCUT2D eigenvalue weighted by atomic mass is 10.0. The lowest BCUT2D eigenvalue weighted by molar-refractivity contribution is 0.103. The molecule has 0 saturated carbocycles. The van der Waals surface area contributed by atoms with Crippen molar-refractivity contribution in [2.45, 2.75) is 0 Å². The SMILES string of the molecule is O=C(c1cccc(P2(=O)OCCO2)c1)c1cc(Cl)ccc1Cl. The van der Waals surface area contributed by atoms with Crippen molar-refractivity contribution in [3.8, 4) is 0 Å². The van der Waals surface area contributed by atoms with Crippen molar-refractivity contribution in [3.63, 3.8) is 0 Å². The first-order valence-electron chi connectivity index (χ1n) is 6.49.